The topological polar surface area (TPSA) is 84.9 Å². The van der Waals surface area contributed by atoms with Crippen LogP contribution in [0.25, 0.3) is 11.1 Å². The van der Waals surface area contributed by atoms with E-state index in [1.165, 1.54) is 29.1 Å². The number of carbonyl (C=O) groups is 1. The molecule has 0 saturated carbocycles. The molecule has 0 unspecified atom stereocenters. The molecule has 8 heteroatoms. The van der Waals surface area contributed by atoms with Crippen molar-refractivity contribution in [3.05, 3.63) is 77.4 Å². The predicted octanol–water partition coefficient (Wildman–Crippen LogP) is 4.01. The third-order valence-corrected chi connectivity index (χ3v) is 8.46. The Hall–Kier alpha value is -3.36. The molecule has 2 heterocycles. The molecular formula is C27H28N2O5S. The SMILES string of the molecule is COc1ccc(C(=O)NCc2ccc(-c3ccc4c(c3)CCO4)cc2)cc1S(=O)(=O)N1CCCC1. The summed E-state index contributed by atoms with van der Waals surface area (Å²) < 4.78 is 38.5. The summed E-state index contributed by atoms with van der Waals surface area (Å²) in [5.74, 6) is 0.860. The molecule has 2 aliphatic heterocycles. The first-order valence-electron chi connectivity index (χ1n) is 11.8. The summed E-state index contributed by atoms with van der Waals surface area (Å²) in [6.07, 6.45) is 2.60. The first-order valence-corrected chi connectivity index (χ1v) is 13.2. The van der Waals surface area contributed by atoms with Crippen LogP contribution in [0.15, 0.2) is 65.6 Å². The van der Waals surface area contributed by atoms with Crippen LogP contribution in [0.1, 0.15) is 34.3 Å². The fraction of sp³-hybridized carbons (Fsp3) is 0.296. The first kappa shape index (κ1) is 23.4. The minimum Gasteiger partial charge on any atom is -0.495 e. The monoisotopic (exact) mass is 492 g/mol. The molecule has 1 fully saturated rings. The van der Waals surface area contributed by atoms with Gasteiger partial charge in [-0.1, -0.05) is 30.3 Å². The number of fused-ring (bicyclic) bond motifs is 1. The molecule has 5 rings (SSSR count). The zero-order valence-corrected chi connectivity index (χ0v) is 20.4. The van der Waals surface area contributed by atoms with E-state index in [4.69, 9.17) is 9.47 Å². The summed E-state index contributed by atoms with van der Waals surface area (Å²) >= 11 is 0. The Balaban J connectivity index is 1.28. The lowest BCUT2D eigenvalue weighted by atomic mass is 10.0. The van der Waals surface area contributed by atoms with Gasteiger partial charge in [0.25, 0.3) is 5.91 Å². The number of sulfonamides is 1. The lowest BCUT2D eigenvalue weighted by molar-refractivity contribution is 0.0950. The molecular weight excluding hydrogens is 464 g/mol. The van der Waals surface area contributed by atoms with Crippen molar-refractivity contribution in [2.75, 3.05) is 26.8 Å². The number of benzene rings is 3. The van der Waals surface area contributed by atoms with E-state index in [1.807, 2.05) is 30.3 Å². The summed E-state index contributed by atoms with van der Waals surface area (Å²) in [5.41, 5.74) is 4.69. The van der Waals surface area contributed by atoms with Gasteiger partial charge in [0.1, 0.15) is 16.4 Å². The standard InChI is InChI=1S/C27H28N2O5S/c1-33-25-11-9-23(17-26(25)35(31,32)29-13-2-3-14-29)27(30)28-18-19-4-6-20(7-5-19)21-8-10-24-22(16-21)12-15-34-24/h4-11,16-17H,2-3,12-15,18H2,1H3,(H,28,30). The molecule has 1 saturated heterocycles. The smallest absolute Gasteiger partial charge is 0.251 e. The molecule has 1 N–H and O–H groups in total. The van der Waals surface area contributed by atoms with Gasteiger partial charge in [-0.2, -0.15) is 4.31 Å². The molecule has 182 valence electrons. The van der Waals surface area contributed by atoms with Crippen LogP contribution >= 0.6 is 0 Å². The van der Waals surface area contributed by atoms with E-state index in [1.54, 1.807) is 6.07 Å². The van der Waals surface area contributed by atoms with Gasteiger partial charge < -0.3 is 14.8 Å². The second kappa shape index (κ2) is 9.71. The van der Waals surface area contributed by atoms with Crippen LogP contribution < -0.4 is 14.8 Å². The average molecular weight is 493 g/mol. The highest BCUT2D eigenvalue weighted by Gasteiger charge is 2.30. The summed E-state index contributed by atoms with van der Waals surface area (Å²) in [6, 6.07) is 18.8. The van der Waals surface area contributed by atoms with Crippen molar-refractivity contribution < 1.29 is 22.7 Å². The van der Waals surface area contributed by atoms with Crippen molar-refractivity contribution >= 4 is 15.9 Å². The van der Waals surface area contributed by atoms with Crippen molar-refractivity contribution in [2.24, 2.45) is 0 Å². The zero-order valence-electron chi connectivity index (χ0n) is 19.6. The van der Waals surface area contributed by atoms with Crippen LogP contribution in [0, 0.1) is 0 Å². The fourth-order valence-corrected chi connectivity index (χ4v) is 6.25. The second-order valence-corrected chi connectivity index (χ2v) is 10.7. The highest BCUT2D eigenvalue weighted by Crippen LogP contribution is 2.31. The van der Waals surface area contributed by atoms with Gasteiger partial charge in [-0.25, -0.2) is 8.42 Å². The lowest BCUT2D eigenvalue weighted by Gasteiger charge is -2.18. The van der Waals surface area contributed by atoms with Gasteiger partial charge in [-0.15, -0.1) is 0 Å². The van der Waals surface area contributed by atoms with E-state index >= 15 is 0 Å². The van der Waals surface area contributed by atoms with Crippen LogP contribution in [0.4, 0.5) is 0 Å². The Morgan fingerprint density at radius 3 is 2.49 bits per heavy atom. The summed E-state index contributed by atoms with van der Waals surface area (Å²) in [4.78, 5) is 12.9. The Bertz CT molecular complexity index is 1350. The van der Waals surface area contributed by atoms with E-state index in [-0.39, 0.29) is 22.1 Å². The van der Waals surface area contributed by atoms with E-state index in [0.29, 0.717) is 19.6 Å². The summed E-state index contributed by atoms with van der Waals surface area (Å²) in [6.45, 7) is 2.03. The number of amides is 1. The van der Waals surface area contributed by atoms with Gasteiger partial charge in [-0.05, 0) is 65.4 Å². The number of carbonyl (C=O) groups excluding carboxylic acids is 1. The van der Waals surface area contributed by atoms with Crippen molar-refractivity contribution in [1.82, 2.24) is 9.62 Å². The Morgan fingerprint density at radius 2 is 1.74 bits per heavy atom. The molecule has 0 bridgehead atoms. The number of hydrogen-bond donors (Lipinski definition) is 1. The number of hydrogen-bond acceptors (Lipinski definition) is 5. The molecule has 0 spiro atoms. The number of ether oxygens (including phenoxy) is 2. The number of nitrogens with one attached hydrogen (secondary N) is 1. The maximum absolute atomic E-state index is 13.1. The highest BCUT2D eigenvalue weighted by atomic mass is 32.2. The van der Waals surface area contributed by atoms with Gasteiger partial charge in [0.05, 0.1) is 13.7 Å². The van der Waals surface area contributed by atoms with E-state index in [9.17, 15) is 13.2 Å². The van der Waals surface area contributed by atoms with Crippen molar-refractivity contribution in [3.8, 4) is 22.6 Å². The minimum absolute atomic E-state index is 0.0265. The van der Waals surface area contributed by atoms with Gasteiger partial charge in [0.2, 0.25) is 10.0 Å². The maximum atomic E-state index is 13.1. The van der Waals surface area contributed by atoms with Crippen LogP contribution in [-0.2, 0) is 23.0 Å². The Labute approximate surface area is 205 Å². The maximum Gasteiger partial charge on any atom is 0.251 e. The fourth-order valence-electron chi connectivity index (χ4n) is 4.55. The molecule has 3 aromatic rings. The molecule has 0 aromatic heterocycles. The van der Waals surface area contributed by atoms with Crippen molar-refractivity contribution in [2.45, 2.75) is 30.7 Å². The van der Waals surface area contributed by atoms with Crippen LogP contribution in [0.3, 0.4) is 0 Å². The van der Waals surface area contributed by atoms with E-state index in [2.05, 4.69) is 17.4 Å². The lowest BCUT2D eigenvalue weighted by Crippen LogP contribution is -2.29. The summed E-state index contributed by atoms with van der Waals surface area (Å²) in [7, 11) is -2.29. The Kier molecular flexibility index (Phi) is 6.49. The van der Waals surface area contributed by atoms with Gasteiger partial charge in [0.15, 0.2) is 0 Å². The van der Waals surface area contributed by atoms with Crippen LogP contribution in [-0.4, -0.2) is 45.4 Å². The van der Waals surface area contributed by atoms with E-state index < -0.39 is 10.0 Å². The number of nitrogens with zero attached hydrogens (tertiary/aromatic N) is 1. The molecule has 35 heavy (non-hydrogen) atoms. The molecule has 0 aliphatic carbocycles. The third kappa shape index (κ3) is 4.76. The summed E-state index contributed by atoms with van der Waals surface area (Å²) in [5, 5.41) is 2.89. The largest absolute Gasteiger partial charge is 0.495 e. The quantitative estimate of drug-likeness (QED) is 0.539. The van der Waals surface area contributed by atoms with Crippen LogP contribution in [0.2, 0.25) is 0 Å². The molecule has 0 atom stereocenters. The number of rotatable bonds is 7. The average Bonchev–Trinajstić information content (AvgIpc) is 3.59. The minimum atomic E-state index is -3.72. The molecule has 2 aliphatic rings. The second-order valence-electron chi connectivity index (χ2n) is 8.78. The van der Waals surface area contributed by atoms with Gasteiger partial charge in [-0.3, -0.25) is 4.79 Å². The molecule has 3 aromatic carbocycles. The third-order valence-electron chi connectivity index (χ3n) is 6.54. The normalized spacial score (nSPS) is 15.5. The van der Waals surface area contributed by atoms with Crippen molar-refractivity contribution in [3.63, 3.8) is 0 Å². The van der Waals surface area contributed by atoms with Gasteiger partial charge in [0, 0.05) is 31.6 Å². The zero-order chi connectivity index (χ0) is 24.4. The van der Waals surface area contributed by atoms with Crippen LogP contribution in [0.5, 0.6) is 11.5 Å². The molecule has 0 radical (unpaired) electrons. The predicted molar refractivity (Wildman–Crippen MR) is 133 cm³/mol. The highest BCUT2D eigenvalue weighted by molar-refractivity contribution is 7.89. The Morgan fingerprint density at radius 1 is 1.00 bits per heavy atom. The van der Waals surface area contributed by atoms with Crippen molar-refractivity contribution in [1.29, 1.82) is 0 Å². The van der Waals surface area contributed by atoms with Gasteiger partial charge >= 0.3 is 0 Å². The molecule has 7 nitrogen and oxygen atoms in total. The molecule has 1 amide bonds. The first-order chi connectivity index (χ1) is 17.0. The number of methoxy groups -OCH3 is 1. The van der Waals surface area contributed by atoms with E-state index in [0.717, 1.165) is 48.3 Å².